The van der Waals surface area contributed by atoms with Crippen LogP contribution >= 0.6 is 23.1 Å². The van der Waals surface area contributed by atoms with Gasteiger partial charge in [-0.2, -0.15) is 0 Å². The second kappa shape index (κ2) is 8.72. The van der Waals surface area contributed by atoms with Gasteiger partial charge in [0, 0.05) is 11.0 Å². The number of ether oxygens (including phenoxy) is 1. The summed E-state index contributed by atoms with van der Waals surface area (Å²) in [5.41, 5.74) is 1.54. The first-order valence-electron chi connectivity index (χ1n) is 9.80. The molecule has 0 amide bonds. The summed E-state index contributed by atoms with van der Waals surface area (Å²) in [4.78, 5) is 32.7. The highest BCUT2D eigenvalue weighted by Crippen LogP contribution is 2.31. The lowest BCUT2D eigenvalue weighted by molar-refractivity contribution is -0.143. The van der Waals surface area contributed by atoms with Crippen molar-refractivity contribution in [3.05, 3.63) is 84.9 Å². The van der Waals surface area contributed by atoms with Gasteiger partial charge in [0.25, 0.3) is 5.56 Å². The number of fused-ring (bicyclic) bond motifs is 1. The number of esters is 1. The number of thioether (sulfide) groups is 1. The molecule has 0 saturated heterocycles. The SMILES string of the molecule is CSc1ccc([C@H]2C(C(=O)OC(C)C)=C(C)N=c3s/c(=C\c4ccco4)c(=O)n32)cc1. The Balaban J connectivity index is 1.94. The van der Waals surface area contributed by atoms with Crippen LogP contribution < -0.4 is 14.9 Å². The number of rotatable bonds is 5. The highest BCUT2D eigenvalue weighted by molar-refractivity contribution is 7.98. The van der Waals surface area contributed by atoms with E-state index in [-0.39, 0.29) is 11.7 Å². The van der Waals surface area contributed by atoms with Crippen molar-refractivity contribution in [1.82, 2.24) is 4.57 Å². The normalized spacial score (nSPS) is 16.4. The van der Waals surface area contributed by atoms with Crippen molar-refractivity contribution in [2.45, 2.75) is 37.8 Å². The van der Waals surface area contributed by atoms with E-state index in [9.17, 15) is 9.59 Å². The molecular formula is C23H22N2O4S2. The van der Waals surface area contributed by atoms with E-state index in [4.69, 9.17) is 9.15 Å². The Morgan fingerprint density at radius 2 is 2.03 bits per heavy atom. The molecule has 3 aromatic rings. The maximum Gasteiger partial charge on any atom is 0.338 e. The van der Waals surface area contributed by atoms with Gasteiger partial charge < -0.3 is 9.15 Å². The van der Waals surface area contributed by atoms with Crippen molar-refractivity contribution in [3.8, 4) is 0 Å². The van der Waals surface area contributed by atoms with Crippen molar-refractivity contribution in [3.63, 3.8) is 0 Å². The zero-order valence-corrected chi connectivity index (χ0v) is 19.3. The third kappa shape index (κ3) is 4.18. The van der Waals surface area contributed by atoms with Gasteiger partial charge in [-0.15, -0.1) is 11.8 Å². The van der Waals surface area contributed by atoms with Gasteiger partial charge in [-0.25, -0.2) is 9.79 Å². The quantitative estimate of drug-likeness (QED) is 0.436. The molecule has 0 radical (unpaired) electrons. The Morgan fingerprint density at radius 1 is 1.29 bits per heavy atom. The summed E-state index contributed by atoms with van der Waals surface area (Å²) in [7, 11) is 0. The highest BCUT2D eigenvalue weighted by Gasteiger charge is 2.33. The van der Waals surface area contributed by atoms with Gasteiger partial charge in [-0.1, -0.05) is 23.5 Å². The Morgan fingerprint density at radius 3 is 2.65 bits per heavy atom. The van der Waals surface area contributed by atoms with Gasteiger partial charge in [0.1, 0.15) is 5.76 Å². The summed E-state index contributed by atoms with van der Waals surface area (Å²) < 4.78 is 13.0. The topological polar surface area (TPSA) is 73.8 Å². The lowest BCUT2D eigenvalue weighted by atomic mass is 9.96. The number of hydrogen-bond acceptors (Lipinski definition) is 7. The molecule has 1 aliphatic heterocycles. The van der Waals surface area contributed by atoms with Gasteiger partial charge in [0.05, 0.1) is 34.2 Å². The predicted molar refractivity (Wildman–Crippen MR) is 122 cm³/mol. The molecule has 0 saturated carbocycles. The van der Waals surface area contributed by atoms with Crippen LogP contribution in [-0.4, -0.2) is 22.9 Å². The molecule has 1 aromatic carbocycles. The molecule has 8 heteroatoms. The molecule has 31 heavy (non-hydrogen) atoms. The summed E-state index contributed by atoms with van der Waals surface area (Å²) >= 11 is 2.91. The Hall–Kier alpha value is -2.84. The van der Waals surface area contributed by atoms with E-state index in [0.717, 1.165) is 10.5 Å². The van der Waals surface area contributed by atoms with E-state index in [2.05, 4.69) is 4.99 Å². The number of benzene rings is 1. The van der Waals surface area contributed by atoms with E-state index in [1.165, 1.54) is 11.3 Å². The molecule has 0 bridgehead atoms. The smallest absolute Gasteiger partial charge is 0.338 e. The Kier molecular flexibility index (Phi) is 6.02. The third-order valence-electron chi connectivity index (χ3n) is 4.83. The number of allylic oxidation sites excluding steroid dienone is 1. The molecule has 0 N–H and O–H groups in total. The molecule has 2 aromatic heterocycles. The van der Waals surface area contributed by atoms with Gasteiger partial charge in [0.2, 0.25) is 0 Å². The summed E-state index contributed by atoms with van der Waals surface area (Å²) in [6.07, 6.45) is 4.98. The van der Waals surface area contributed by atoms with E-state index in [1.807, 2.05) is 30.5 Å². The summed E-state index contributed by atoms with van der Waals surface area (Å²) in [5, 5.41) is 0. The third-order valence-corrected chi connectivity index (χ3v) is 6.56. The Bertz CT molecular complexity index is 1310. The number of carbonyl (C=O) groups excluding carboxylic acids is 1. The molecule has 1 atom stereocenters. The lowest BCUT2D eigenvalue weighted by Gasteiger charge is -2.25. The fraction of sp³-hybridized carbons (Fsp3) is 0.261. The first-order valence-corrected chi connectivity index (χ1v) is 11.8. The van der Waals surface area contributed by atoms with E-state index in [1.54, 1.807) is 61.6 Å². The maximum atomic E-state index is 13.4. The Labute approximate surface area is 187 Å². The monoisotopic (exact) mass is 454 g/mol. The van der Waals surface area contributed by atoms with Crippen LogP contribution in [0.5, 0.6) is 0 Å². The number of hydrogen-bond donors (Lipinski definition) is 0. The number of nitrogens with zero attached hydrogens (tertiary/aromatic N) is 2. The van der Waals surface area contributed by atoms with Gasteiger partial charge in [-0.05, 0) is 56.9 Å². The van der Waals surface area contributed by atoms with Gasteiger partial charge in [-0.3, -0.25) is 9.36 Å². The van der Waals surface area contributed by atoms with E-state index in [0.29, 0.717) is 26.4 Å². The van der Waals surface area contributed by atoms with Crippen LogP contribution in [0.1, 0.15) is 38.1 Å². The van der Waals surface area contributed by atoms with Crippen LogP contribution in [0.4, 0.5) is 0 Å². The molecule has 0 spiro atoms. The maximum absolute atomic E-state index is 13.4. The summed E-state index contributed by atoms with van der Waals surface area (Å²) in [6, 6.07) is 10.8. The second-order valence-corrected chi connectivity index (χ2v) is 9.21. The zero-order chi connectivity index (χ0) is 22.1. The summed E-state index contributed by atoms with van der Waals surface area (Å²) in [5.74, 6) is 0.122. The standard InChI is InChI=1S/C23H22N2O4S2/c1-13(2)29-22(27)19-14(3)24-23-25(20(19)15-7-9-17(30-4)10-8-15)21(26)18(31-23)12-16-6-5-11-28-16/h5-13,20H,1-4H3/b18-12-/t20-/m0/s1. The molecule has 160 valence electrons. The van der Waals surface area contributed by atoms with Crippen LogP contribution in [0.25, 0.3) is 6.08 Å². The van der Waals surface area contributed by atoms with Crippen molar-refractivity contribution < 1.29 is 13.9 Å². The zero-order valence-electron chi connectivity index (χ0n) is 17.6. The minimum Gasteiger partial charge on any atom is -0.465 e. The predicted octanol–water partition coefficient (Wildman–Crippen LogP) is 3.50. The number of furan rings is 1. The van der Waals surface area contributed by atoms with Crippen LogP contribution in [0.3, 0.4) is 0 Å². The fourth-order valence-electron chi connectivity index (χ4n) is 3.46. The average molecular weight is 455 g/mol. The first kappa shape index (κ1) is 21.4. The minimum atomic E-state index is -0.614. The molecule has 1 aliphatic rings. The molecule has 0 aliphatic carbocycles. The van der Waals surface area contributed by atoms with Crippen molar-refractivity contribution >= 4 is 35.1 Å². The molecule has 6 nitrogen and oxygen atoms in total. The molecule has 0 fully saturated rings. The largest absolute Gasteiger partial charge is 0.465 e. The summed E-state index contributed by atoms with van der Waals surface area (Å²) in [6.45, 7) is 5.38. The van der Waals surface area contributed by atoms with Crippen LogP contribution in [0, 0.1) is 0 Å². The van der Waals surface area contributed by atoms with Crippen LogP contribution in [0.2, 0.25) is 0 Å². The average Bonchev–Trinajstić information content (AvgIpc) is 3.35. The molecule has 0 unspecified atom stereocenters. The minimum absolute atomic E-state index is 0.221. The van der Waals surface area contributed by atoms with Crippen molar-refractivity contribution in [2.24, 2.45) is 4.99 Å². The van der Waals surface area contributed by atoms with Crippen molar-refractivity contribution in [1.29, 1.82) is 0 Å². The fourth-order valence-corrected chi connectivity index (χ4v) is 4.90. The highest BCUT2D eigenvalue weighted by atomic mass is 32.2. The van der Waals surface area contributed by atoms with Gasteiger partial charge >= 0.3 is 5.97 Å². The van der Waals surface area contributed by atoms with E-state index >= 15 is 0 Å². The lowest BCUT2D eigenvalue weighted by Crippen LogP contribution is -2.40. The van der Waals surface area contributed by atoms with Crippen molar-refractivity contribution in [2.75, 3.05) is 6.26 Å². The van der Waals surface area contributed by atoms with Crippen LogP contribution in [-0.2, 0) is 9.53 Å². The second-order valence-electron chi connectivity index (χ2n) is 7.32. The van der Waals surface area contributed by atoms with E-state index < -0.39 is 12.0 Å². The molecule has 3 heterocycles. The van der Waals surface area contributed by atoms with Crippen LogP contribution in [0.15, 0.2) is 73.0 Å². The first-order chi connectivity index (χ1) is 14.9. The number of thiazole rings is 1. The molecular weight excluding hydrogens is 432 g/mol. The number of carbonyl (C=O) groups is 1. The number of aromatic nitrogens is 1. The van der Waals surface area contributed by atoms with Gasteiger partial charge in [0.15, 0.2) is 4.80 Å². The molecule has 4 rings (SSSR count).